The summed E-state index contributed by atoms with van der Waals surface area (Å²) in [4.78, 5) is 13.2. The first-order valence-electron chi connectivity index (χ1n) is 7.52. The summed E-state index contributed by atoms with van der Waals surface area (Å²) in [6.07, 6.45) is 0. The van der Waals surface area contributed by atoms with Crippen molar-refractivity contribution in [2.24, 2.45) is 0 Å². The monoisotopic (exact) mass is 371 g/mol. The van der Waals surface area contributed by atoms with Crippen molar-refractivity contribution in [1.29, 1.82) is 0 Å². The van der Waals surface area contributed by atoms with Crippen molar-refractivity contribution in [1.82, 2.24) is 5.32 Å². The van der Waals surface area contributed by atoms with Gasteiger partial charge in [0.05, 0.1) is 0 Å². The van der Waals surface area contributed by atoms with Gasteiger partial charge in [0.15, 0.2) is 11.6 Å². The fourth-order valence-electron chi connectivity index (χ4n) is 2.28. The highest BCUT2D eigenvalue weighted by molar-refractivity contribution is 5.89. The molecular formula is C17H17F4N3O2. The van der Waals surface area contributed by atoms with Crippen molar-refractivity contribution in [3.63, 3.8) is 0 Å². The highest BCUT2D eigenvalue weighted by atomic mass is 19.3. The van der Waals surface area contributed by atoms with E-state index in [1.807, 2.05) is 0 Å². The first kappa shape index (κ1) is 19.4. The average molecular weight is 371 g/mol. The lowest BCUT2D eigenvalue weighted by Gasteiger charge is -2.16. The number of benzene rings is 2. The van der Waals surface area contributed by atoms with E-state index in [1.165, 1.54) is 37.2 Å². The SMILES string of the molecule is CN(C)c1c(F)cc(NC(=O)NCc2ccccc2OC(F)F)cc1F. The van der Waals surface area contributed by atoms with Crippen LogP contribution in [0, 0.1) is 11.6 Å². The van der Waals surface area contributed by atoms with E-state index in [4.69, 9.17) is 0 Å². The maximum Gasteiger partial charge on any atom is 0.387 e. The summed E-state index contributed by atoms with van der Waals surface area (Å²) in [5.74, 6) is -1.74. The van der Waals surface area contributed by atoms with Crippen LogP contribution in [0.15, 0.2) is 36.4 Å². The molecule has 0 aliphatic heterocycles. The second kappa shape index (κ2) is 8.41. The Hall–Kier alpha value is -2.97. The summed E-state index contributed by atoms with van der Waals surface area (Å²) in [5.41, 5.74) is 0.0116. The molecule has 2 rings (SSSR count). The van der Waals surface area contributed by atoms with E-state index in [9.17, 15) is 22.4 Å². The number of urea groups is 1. The second-order valence-corrected chi connectivity index (χ2v) is 5.48. The maximum atomic E-state index is 13.9. The molecule has 2 amide bonds. The smallest absolute Gasteiger partial charge is 0.387 e. The van der Waals surface area contributed by atoms with E-state index >= 15 is 0 Å². The van der Waals surface area contributed by atoms with E-state index in [0.29, 0.717) is 5.56 Å². The Labute approximate surface area is 147 Å². The topological polar surface area (TPSA) is 53.6 Å². The first-order valence-corrected chi connectivity index (χ1v) is 7.52. The Bertz CT molecular complexity index is 761. The molecule has 0 bridgehead atoms. The lowest BCUT2D eigenvalue weighted by Crippen LogP contribution is -2.28. The van der Waals surface area contributed by atoms with Crippen LogP contribution < -0.4 is 20.3 Å². The van der Waals surface area contributed by atoms with Crippen LogP contribution in [-0.4, -0.2) is 26.7 Å². The van der Waals surface area contributed by atoms with Crippen molar-refractivity contribution in [2.75, 3.05) is 24.3 Å². The van der Waals surface area contributed by atoms with Crippen molar-refractivity contribution in [3.05, 3.63) is 53.6 Å². The minimum Gasteiger partial charge on any atom is -0.434 e. The molecule has 0 aliphatic carbocycles. The number of amides is 2. The van der Waals surface area contributed by atoms with E-state index in [1.54, 1.807) is 6.07 Å². The van der Waals surface area contributed by atoms with Gasteiger partial charge >= 0.3 is 12.6 Å². The fourth-order valence-corrected chi connectivity index (χ4v) is 2.28. The Kier molecular flexibility index (Phi) is 6.26. The maximum absolute atomic E-state index is 13.9. The van der Waals surface area contributed by atoms with Gasteiger partial charge in [-0.3, -0.25) is 0 Å². The van der Waals surface area contributed by atoms with Crippen LogP contribution in [0.3, 0.4) is 0 Å². The average Bonchev–Trinajstić information content (AvgIpc) is 2.52. The highest BCUT2D eigenvalue weighted by Crippen LogP contribution is 2.25. The third kappa shape index (κ3) is 5.01. The van der Waals surface area contributed by atoms with Gasteiger partial charge in [0.1, 0.15) is 11.4 Å². The molecule has 0 heterocycles. The van der Waals surface area contributed by atoms with Gasteiger partial charge < -0.3 is 20.3 Å². The molecule has 5 nitrogen and oxygen atoms in total. The molecule has 0 atom stereocenters. The number of nitrogens with one attached hydrogen (secondary N) is 2. The molecule has 9 heteroatoms. The largest absolute Gasteiger partial charge is 0.434 e. The molecular weight excluding hydrogens is 354 g/mol. The van der Waals surface area contributed by atoms with Crippen molar-refractivity contribution < 1.29 is 27.1 Å². The number of carbonyl (C=O) groups excluding carboxylic acids is 1. The number of carbonyl (C=O) groups is 1. The number of nitrogens with zero attached hydrogens (tertiary/aromatic N) is 1. The standard InChI is InChI=1S/C17H17F4N3O2/c1-24(2)15-12(18)7-11(8-13(15)19)23-17(25)22-9-10-5-3-4-6-14(10)26-16(20)21/h3-8,16H,9H2,1-2H3,(H2,22,23,25). The van der Waals surface area contributed by atoms with Gasteiger partial charge in [-0.15, -0.1) is 0 Å². The zero-order chi connectivity index (χ0) is 19.3. The highest BCUT2D eigenvalue weighted by Gasteiger charge is 2.15. The molecule has 2 aromatic carbocycles. The third-order valence-electron chi connectivity index (χ3n) is 3.35. The number of rotatable bonds is 6. The number of halogens is 4. The predicted octanol–water partition coefficient (Wildman–Crippen LogP) is 3.95. The number of anilines is 2. The predicted molar refractivity (Wildman–Crippen MR) is 89.6 cm³/mol. The molecule has 2 aromatic rings. The molecule has 2 N–H and O–H groups in total. The molecule has 0 aromatic heterocycles. The van der Waals surface area contributed by atoms with E-state index < -0.39 is 24.3 Å². The summed E-state index contributed by atoms with van der Waals surface area (Å²) < 4.78 is 56.9. The van der Waals surface area contributed by atoms with Gasteiger partial charge in [0.25, 0.3) is 0 Å². The number of ether oxygens (including phenoxy) is 1. The number of hydrogen-bond acceptors (Lipinski definition) is 3. The summed E-state index contributed by atoms with van der Waals surface area (Å²) in [7, 11) is 2.97. The van der Waals surface area contributed by atoms with Crippen LogP contribution in [0.25, 0.3) is 0 Å². The lowest BCUT2D eigenvalue weighted by molar-refractivity contribution is -0.0504. The van der Waals surface area contributed by atoms with Gasteiger partial charge in [-0.2, -0.15) is 8.78 Å². The van der Waals surface area contributed by atoms with E-state index in [0.717, 1.165) is 12.1 Å². The Balaban J connectivity index is 2.02. The summed E-state index contributed by atoms with van der Waals surface area (Å²) in [5, 5.41) is 4.69. The Morgan fingerprint density at radius 2 is 1.77 bits per heavy atom. The first-order chi connectivity index (χ1) is 12.3. The zero-order valence-corrected chi connectivity index (χ0v) is 14.0. The quantitative estimate of drug-likeness (QED) is 0.756. The number of alkyl halides is 2. The molecule has 140 valence electrons. The molecule has 0 unspecified atom stereocenters. The van der Waals surface area contributed by atoms with Crippen LogP contribution >= 0.6 is 0 Å². The van der Waals surface area contributed by atoms with Crippen LogP contribution in [-0.2, 0) is 6.54 Å². The van der Waals surface area contributed by atoms with Gasteiger partial charge in [0.2, 0.25) is 0 Å². The van der Waals surface area contributed by atoms with Crippen LogP contribution in [0.5, 0.6) is 5.75 Å². The van der Waals surface area contributed by atoms with Gasteiger partial charge in [-0.05, 0) is 18.2 Å². The molecule has 0 aliphatic rings. The van der Waals surface area contributed by atoms with Gasteiger partial charge in [0, 0.05) is 31.9 Å². The van der Waals surface area contributed by atoms with E-state index in [-0.39, 0.29) is 23.7 Å². The molecule has 0 spiro atoms. The minimum atomic E-state index is -2.99. The molecule has 26 heavy (non-hydrogen) atoms. The zero-order valence-electron chi connectivity index (χ0n) is 14.0. The number of hydrogen-bond donors (Lipinski definition) is 2. The van der Waals surface area contributed by atoms with Crippen LogP contribution in [0.2, 0.25) is 0 Å². The summed E-state index contributed by atoms with van der Waals surface area (Å²) in [6, 6.07) is 7.15. The third-order valence-corrected chi connectivity index (χ3v) is 3.35. The normalized spacial score (nSPS) is 10.6. The van der Waals surface area contributed by atoms with Crippen molar-refractivity contribution in [3.8, 4) is 5.75 Å². The van der Waals surface area contributed by atoms with Crippen LogP contribution in [0.4, 0.5) is 33.7 Å². The Morgan fingerprint density at radius 1 is 1.15 bits per heavy atom. The fraction of sp³-hybridized carbons (Fsp3) is 0.235. The minimum absolute atomic E-state index is 0.0739. The molecule has 0 saturated heterocycles. The molecule has 0 saturated carbocycles. The van der Waals surface area contributed by atoms with Crippen molar-refractivity contribution >= 4 is 17.4 Å². The molecule has 0 radical (unpaired) electrons. The number of para-hydroxylation sites is 1. The van der Waals surface area contributed by atoms with Gasteiger partial charge in [-0.25, -0.2) is 13.6 Å². The summed E-state index contributed by atoms with van der Waals surface area (Å²) >= 11 is 0. The Morgan fingerprint density at radius 3 is 2.35 bits per heavy atom. The van der Waals surface area contributed by atoms with Crippen molar-refractivity contribution in [2.45, 2.75) is 13.2 Å². The second-order valence-electron chi connectivity index (χ2n) is 5.48. The summed E-state index contributed by atoms with van der Waals surface area (Å²) in [6.45, 7) is -3.11. The van der Waals surface area contributed by atoms with Crippen LogP contribution in [0.1, 0.15) is 5.56 Å². The van der Waals surface area contributed by atoms with E-state index in [2.05, 4.69) is 15.4 Å². The molecule has 0 fully saturated rings. The van der Waals surface area contributed by atoms with Gasteiger partial charge in [-0.1, -0.05) is 18.2 Å². The lowest BCUT2D eigenvalue weighted by atomic mass is 10.2.